The summed E-state index contributed by atoms with van der Waals surface area (Å²) >= 11 is 11.9. The van der Waals surface area contributed by atoms with Crippen LogP contribution in [-0.2, 0) is 23.1 Å². The monoisotopic (exact) mass is 327 g/mol. The molecule has 0 bridgehead atoms. The summed E-state index contributed by atoms with van der Waals surface area (Å²) in [5.41, 5.74) is 2.04. The van der Waals surface area contributed by atoms with Crippen LogP contribution in [0, 0.1) is 0 Å². The lowest BCUT2D eigenvalue weighted by Gasteiger charge is -2.16. The molecule has 0 saturated carbocycles. The summed E-state index contributed by atoms with van der Waals surface area (Å²) < 4.78 is 26.7. The van der Waals surface area contributed by atoms with Gasteiger partial charge in [0.05, 0.1) is 5.02 Å². The third-order valence-corrected chi connectivity index (χ3v) is 5.83. The van der Waals surface area contributed by atoms with Crippen LogP contribution in [0.1, 0.15) is 11.1 Å². The number of hydrogen-bond donors (Lipinski definition) is 0. The maximum atomic E-state index is 12.7. The maximum absolute atomic E-state index is 12.7. The molecular formula is C14H11Cl2NO2S. The molecule has 1 heterocycles. The van der Waals surface area contributed by atoms with Gasteiger partial charge in [0.2, 0.25) is 10.0 Å². The first-order chi connectivity index (χ1) is 9.48. The third-order valence-electron chi connectivity index (χ3n) is 3.32. The van der Waals surface area contributed by atoms with Crippen molar-refractivity contribution >= 4 is 33.2 Å². The molecule has 0 aromatic heterocycles. The molecule has 104 valence electrons. The fourth-order valence-electron chi connectivity index (χ4n) is 2.29. The predicted molar refractivity (Wildman–Crippen MR) is 79.3 cm³/mol. The van der Waals surface area contributed by atoms with Gasteiger partial charge in [0, 0.05) is 18.1 Å². The highest BCUT2D eigenvalue weighted by Crippen LogP contribution is 2.32. The van der Waals surface area contributed by atoms with Crippen LogP contribution in [-0.4, -0.2) is 12.7 Å². The molecule has 20 heavy (non-hydrogen) atoms. The van der Waals surface area contributed by atoms with Gasteiger partial charge >= 0.3 is 0 Å². The molecule has 6 heteroatoms. The van der Waals surface area contributed by atoms with Gasteiger partial charge in [0.25, 0.3) is 0 Å². The zero-order chi connectivity index (χ0) is 14.3. The number of nitrogens with zero attached hydrogens (tertiary/aromatic N) is 1. The van der Waals surface area contributed by atoms with E-state index >= 15 is 0 Å². The van der Waals surface area contributed by atoms with E-state index in [1.165, 1.54) is 16.4 Å². The Bertz CT molecular complexity index is 749. The second-order valence-electron chi connectivity index (χ2n) is 4.62. The zero-order valence-electron chi connectivity index (χ0n) is 10.4. The molecule has 0 spiro atoms. The Morgan fingerprint density at radius 1 is 0.950 bits per heavy atom. The molecule has 1 aliphatic rings. The summed E-state index contributed by atoms with van der Waals surface area (Å²) in [4.78, 5) is 0.0551. The van der Waals surface area contributed by atoms with E-state index in [-0.39, 0.29) is 9.92 Å². The fourth-order valence-corrected chi connectivity index (χ4v) is 4.42. The summed E-state index contributed by atoms with van der Waals surface area (Å²) in [6.07, 6.45) is 0. The summed E-state index contributed by atoms with van der Waals surface area (Å²) in [6, 6.07) is 12.1. The van der Waals surface area contributed by atoms with Crippen LogP contribution in [0.3, 0.4) is 0 Å². The van der Waals surface area contributed by atoms with Crippen molar-refractivity contribution in [3.8, 4) is 0 Å². The van der Waals surface area contributed by atoms with Crippen molar-refractivity contribution in [2.75, 3.05) is 0 Å². The summed E-state index contributed by atoms with van der Waals surface area (Å²) in [6.45, 7) is 0.725. The maximum Gasteiger partial charge on any atom is 0.245 e. The van der Waals surface area contributed by atoms with E-state index in [2.05, 4.69) is 0 Å². The minimum atomic E-state index is -3.64. The van der Waals surface area contributed by atoms with Crippen LogP contribution < -0.4 is 0 Å². The van der Waals surface area contributed by atoms with Crippen LogP contribution in [0.15, 0.2) is 47.4 Å². The van der Waals surface area contributed by atoms with Gasteiger partial charge in [0.15, 0.2) is 0 Å². The normalized spacial score (nSPS) is 15.3. The first-order valence-electron chi connectivity index (χ1n) is 6.00. The Balaban J connectivity index is 2.01. The van der Waals surface area contributed by atoms with Gasteiger partial charge in [0.1, 0.15) is 4.90 Å². The van der Waals surface area contributed by atoms with Gasteiger partial charge in [-0.2, -0.15) is 4.31 Å². The van der Waals surface area contributed by atoms with Gasteiger partial charge in [-0.25, -0.2) is 8.42 Å². The quantitative estimate of drug-likeness (QED) is 0.843. The van der Waals surface area contributed by atoms with E-state index in [0.717, 1.165) is 11.1 Å². The summed E-state index contributed by atoms with van der Waals surface area (Å²) in [7, 11) is -3.64. The molecule has 0 unspecified atom stereocenters. The van der Waals surface area contributed by atoms with Crippen LogP contribution in [0.4, 0.5) is 0 Å². The topological polar surface area (TPSA) is 37.4 Å². The minimum Gasteiger partial charge on any atom is -0.207 e. The first-order valence-corrected chi connectivity index (χ1v) is 8.20. The summed E-state index contributed by atoms with van der Waals surface area (Å²) in [5.74, 6) is 0. The SMILES string of the molecule is O=S(=O)(c1cc(Cl)ccc1Cl)N1Cc2ccccc2C1. The number of benzene rings is 2. The zero-order valence-corrected chi connectivity index (χ0v) is 12.7. The van der Waals surface area contributed by atoms with Crippen molar-refractivity contribution < 1.29 is 8.42 Å². The molecule has 0 radical (unpaired) electrons. The predicted octanol–water partition coefficient (Wildman–Crippen LogP) is 3.70. The Morgan fingerprint density at radius 3 is 2.15 bits per heavy atom. The van der Waals surface area contributed by atoms with Gasteiger partial charge in [-0.15, -0.1) is 0 Å². The summed E-state index contributed by atoms with van der Waals surface area (Å²) in [5, 5.41) is 0.537. The van der Waals surface area contributed by atoms with Gasteiger partial charge in [-0.1, -0.05) is 47.5 Å². The van der Waals surface area contributed by atoms with Crippen molar-refractivity contribution in [1.82, 2.24) is 4.31 Å². The molecule has 0 N–H and O–H groups in total. The molecule has 3 rings (SSSR count). The Kier molecular flexibility index (Phi) is 3.50. The van der Waals surface area contributed by atoms with Crippen LogP contribution in [0.25, 0.3) is 0 Å². The molecule has 0 amide bonds. The van der Waals surface area contributed by atoms with Crippen molar-refractivity contribution in [2.45, 2.75) is 18.0 Å². The highest BCUT2D eigenvalue weighted by molar-refractivity contribution is 7.89. The van der Waals surface area contributed by atoms with Gasteiger partial charge < -0.3 is 0 Å². The molecule has 0 saturated heterocycles. The highest BCUT2D eigenvalue weighted by atomic mass is 35.5. The molecule has 1 aliphatic heterocycles. The Morgan fingerprint density at radius 2 is 1.55 bits per heavy atom. The van der Waals surface area contributed by atoms with E-state index in [9.17, 15) is 8.42 Å². The first kappa shape index (κ1) is 13.9. The lowest BCUT2D eigenvalue weighted by molar-refractivity contribution is 0.431. The third kappa shape index (κ3) is 2.33. The molecular weight excluding hydrogens is 317 g/mol. The van der Waals surface area contributed by atoms with E-state index in [1.54, 1.807) is 6.07 Å². The van der Waals surface area contributed by atoms with Crippen LogP contribution in [0.2, 0.25) is 10.0 Å². The van der Waals surface area contributed by atoms with Crippen molar-refractivity contribution in [3.63, 3.8) is 0 Å². The second kappa shape index (κ2) is 5.04. The van der Waals surface area contributed by atoms with Gasteiger partial charge in [-0.05, 0) is 29.3 Å². The van der Waals surface area contributed by atoms with E-state index in [1.807, 2.05) is 24.3 Å². The van der Waals surface area contributed by atoms with E-state index in [4.69, 9.17) is 23.2 Å². The van der Waals surface area contributed by atoms with Gasteiger partial charge in [-0.3, -0.25) is 0 Å². The Labute approximate surface area is 127 Å². The Hall–Kier alpha value is -1.07. The lowest BCUT2D eigenvalue weighted by Crippen LogP contribution is -2.25. The van der Waals surface area contributed by atoms with Crippen molar-refractivity contribution in [1.29, 1.82) is 0 Å². The second-order valence-corrected chi connectivity index (χ2v) is 7.37. The van der Waals surface area contributed by atoms with E-state index < -0.39 is 10.0 Å². The molecule has 2 aromatic carbocycles. The number of rotatable bonds is 2. The molecule has 3 nitrogen and oxygen atoms in total. The average molecular weight is 328 g/mol. The minimum absolute atomic E-state index is 0.0551. The van der Waals surface area contributed by atoms with Crippen LogP contribution in [0.5, 0.6) is 0 Å². The van der Waals surface area contributed by atoms with E-state index in [0.29, 0.717) is 18.1 Å². The number of fused-ring (bicyclic) bond motifs is 1. The molecule has 0 aliphatic carbocycles. The van der Waals surface area contributed by atoms with Crippen LogP contribution >= 0.6 is 23.2 Å². The molecule has 0 atom stereocenters. The highest BCUT2D eigenvalue weighted by Gasteiger charge is 2.31. The standard InChI is InChI=1S/C14H11Cl2NO2S/c15-12-5-6-13(16)14(7-12)20(18,19)17-8-10-3-1-2-4-11(10)9-17/h1-7H,8-9H2. The molecule has 0 fully saturated rings. The number of hydrogen-bond acceptors (Lipinski definition) is 2. The lowest BCUT2D eigenvalue weighted by atomic mass is 10.1. The van der Waals surface area contributed by atoms with Crippen molar-refractivity contribution in [2.24, 2.45) is 0 Å². The molecule has 2 aromatic rings. The average Bonchev–Trinajstić information content (AvgIpc) is 2.86. The fraction of sp³-hybridized carbons (Fsp3) is 0.143. The smallest absolute Gasteiger partial charge is 0.207 e. The van der Waals surface area contributed by atoms with Crippen molar-refractivity contribution in [3.05, 3.63) is 63.6 Å². The number of sulfonamides is 1. The number of halogens is 2. The largest absolute Gasteiger partial charge is 0.245 e.